The Balaban J connectivity index is 2.25. The largest absolute Gasteiger partial charge is 0.497 e. The van der Waals surface area contributed by atoms with Crippen molar-refractivity contribution in [2.24, 2.45) is 5.73 Å². The molecule has 1 aromatic carbocycles. The molecule has 0 atom stereocenters. The van der Waals surface area contributed by atoms with E-state index < -0.39 is 0 Å². The molecular weight excluding hydrogens is 228 g/mol. The summed E-state index contributed by atoms with van der Waals surface area (Å²) in [6, 6.07) is 11.5. The van der Waals surface area contributed by atoms with Crippen LogP contribution in [0, 0.1) is 0 Å². The third-order valence-electron chi connectivity index (χ3n) is 2.70. The summed E-state index contributed by atoms with van der Waals surface area (Å²) in [5.74, 6) is 1.58. The van der Waals surface area contributed by atoms with Gasteiger partial charge in [-0.25, -0.2) is 0 Å². The van der Waals surface area contributed by atoms with Crippen LogP contribution in [-0.4, -0.2) is 24.4 Å². The summed E-state index contributed by atoms with van der Waals surface area (Å²) in [5.41, 5.74) is 7.26. The summed E-state index contributed by atoms with van der Waals surface area (Å²) < 4.78 is 5.20. The van der Waals surface area contributed by atoms with Crippen molar-refractivity contribution in [1.82, 2.24) is 10.2 Å². The molecule has 0 amide bonds. The molecule has 5 nitrogen and oxygen atoms in total. The highest BCUT2D eigenvalue weighted by Crippen LogP contribution is 2.24. The minimum atomic E-state index is 0.399. The molecule has 0 saturated carbocycles. The molecule has 5 heteroatoms. The second-order valence-electron chi connectivity index (χ2n) is 3.85. The Morgan fingerprint density at radius 1 is 1.22 bits per heavy atom. The van der Waals surface area contributed by atoms with E-state index in [1.807, 2.05) is 48.3 Å². The number of hydrogen-bond donors (Lipinski definition) is 1. The Labute approximate surface area is 106 Å². The number of ether oxygens (including phenoxy) is 1. The molecule has 18 heavy (non-hydrogen) atoms. The first-order valence-electron chi connectivity index (χ1n) is 5.65. The molecular formula is C13H16N4O. The van der Waals surface area contributed by atoms with Crippen molar-refractivity contribution in [1.29, 1.82) is 0 Å². The number of anilines is 2. The predicted octanol–water partition coefficient (Wildman–Crippen LogP) is 1.71. The zero-order chi connectivity index (χ0) is 13.0. The smallest absolute Gasteiger partial charge is 0.155 e. The topological polar surface area (TPSA) is 64.3 Å². The lowest BCUT2D eigenvalue weighted by atomic mass is 10.2. The summed E-state index contributed by atoms with van der Waals surface area (Å²) in [6.45, 7) is 0.399. The van der Waals surface area contributed by atoms with E-state index in [0.29, 0.717) is 6.54 Å². The third kappa shape index (κ3) is 2.57. The van der Waals surface area contributed by atoms with Crippen molar-refractivity contribution < 1.29 is 4.74 Å². The Hall–Kier alpha value is -2.14. The molecule has 1 aromatic heterocycles. The van der Waals surface area contributed by atoms with Crippen LogP contribution in [0.1, 0.15) is 5.69 Å². The molecule has 0 aliphatic heterocycles. The van der Waals surface area contributed by atoms with Crippen LogP contribution in [0.3, 0.4) is 0 Å². The number of hydrogen-bond acceptors (Lipinski definition) is 5. The van der Waals surface area contributed by atoms with Gasteiger partial charge in [0, 0.05) is 25.3 Å². The lowest BCUT2D eigenvalue weighted by Gasteiger charge is -2.18. The first-order chi connectivity index (χ1) is 8.74. The van der Waals surface area contributed by atoms with Gasteiger partial charge in [-0.3, -0.25) is 0 Å². The van der Waals surface area contributed by atoms with E-state index in [0.717, 1.165) is 22.9 Å². The van der Waals surface area contributed by atoms with Gasteiger partial charge < -0.3 is 15.4 Å². The number of rotatable bonds is 4. The number of nitrogens with two attached hydrogens (primary N) is 1. The molecule has 2 N–H and O–H groups in total. The van der Waals surface area contributed by atoms with Crippen molar-refractivity contribution in [2.75, 3.05) is 19.1 Å². The van der Waals surface area contributed by atoms with E-state index in [4.69, 9.17) is 10.5 Å². The highest BCUT2D eigenvalue weighted by molar-refractivity contribution is 5.60. The maximum atomic E-state index is 5.49. The van der Waals surface area contributed by atoms with E-state index in [-0.39, 0.29) is 0 Å². The molecule has 2 aromatic rings. The maximum Gasteiger partial charge on any atom is 0.155 e. The van der Waals surface area contributed by atoms with Crippen molar-refractivity contribution in [2.45, 2.75) is 6.54 Å². The van der Waals surface area contributed by atoms with Crippen LogP contribution in [0.25, 0.3) is 0 Å². The Bertz CT molecular complexity index is 513. The summed E-state index contributed by atoms with van der Waals surface area (Å²) in [5, 5.41) is 8.17. The second-order valence-corrected chi connectivity index (χ2v) is 3.85. The fourth-order valence-corrected chi connectivity index (χ4v) is 1.59. The second kappa shape index (κ2) is 5.46. The van der Waals surface area contributed by atoms with E-state index in [1.165, 1.54) is 0 Å². The fourth-order valence-electron chi connectivity index (χ4n) is 1.59. The molecule has 0 aliphatic carbocycles. The maximum absolute atomic E-state index is 5.49. The van der Waals surface area contributed by atoms with Crippen molar-refractivity contribution in [3.8, 4) is 5.75 Å². The minimum absolute atomic E-state index is 0.399. The van der Waals surface area contributed by atoms with E-state index in [2.05, 4.69) is 10.2 Å². The molecule has 2 rings (SSSR count). The van der Waals surface area contributed by atoms with Gasteiger partial charge >= 0.3 is 0 Å². The van der Waals surface area contributed by atoms with Gasteiger partial charge in [0.05, 0.1) is 12.8 Å². The highest BCUT2D eigenvalue weighted by atomic mass is 16.5. The summed E-state index contributed by atoms with van der Waals surface area (Å²) in [6.07, 6.45) is 0. The first-order valence-corrected chi connectivity index (χ1v) is 5.65. The molecule has 0 unspecified atom stereocenters. The van der Waals surface area contributed by atoms with Gasteiger partial charge in [-0.05, 0) is 24.3 Å². The molecule has 0 spiro atoms. The van der Waals surface area contributed by atoms with E-state index in [1.54, 1.807) is 7.11 Å². The van der Waals surface area contributed by atoms with Gasteiger partial charge in [0.1, 0.15) is 5.75 Å². The van der Waals surface area contributed by atoms with Crippen LogP contribution in [0.2, 0.25) is 0 Å². The quantitative estimate of drug-likeness (QED) is 0.887. The normalized spacial score (nSPS) is 10.2. The first kappa shape index (κ1) is 12.3. The van der Waals surface area contributed by atoms with Gasteiger partial charge in [0.15, 0.2) is 5.82 Å². The highest BCUT2D eigenvalue weighted by Gasteiger charge is 2.06. The van der Waals surface area contributed by atoms with Crippen LogP contribution in [0.5, 0.6) is 5.75 Å². The number of nitrogens with zero attached hydrogens (tertiary/aromatic N) is 3. The lowest BCUT2D eigenvalue weighted by molar-refractivity contribution is 0.415. The SMILES string of the molecule is COc1cccc(N(C)c2ccc(CN)nn2)c1. The molecule has 0 aliphatic rings. The zero-order valence-corrected chi connectivity index (χ0v) is 10.5. The van der Waals surface area contributed by atoms with Crippen molar-refractivity contribution in [3.05, 3.63) is 42.1 Å². The average molecular weight is 244 g/mol. The van der Waals surface area contributed by atoms with Crippen LogP contribution >= 0.6 is 0 Å². The molecule has 0 bridgehead atoms. The van der Waals surface area contributed by atoms with Crippen LogP contribution < -0.4 is 15.4 Å². The van der Waals surface area contributed by atoms with Gasteiger partial charge in [-0.1, -0.05) is 6.07 Å². The zero-order valence-electron chi connectivity index (χ0n) is 10.5. The van der Waals surface area contributed by atoms with Crippen molar-refractivity contribution in [3.63, 3.8) is 0 Å². The number of methoxy groups -OCH3 is 1. The predicted molar refractivity (Wildman–Crippen MR) is 71.0 cm³/mol. The fraction of sp³-hybridized carbons (Fsp3) is 0.231. The van der Waals surface area contributed by atoms with Crippen LogP contribution in [0.4, 0.5) is 11.5 Å². The van der Waals surface area contributed by atoms with Crippen LogP contribution in [-0.2, 0) is 6.54 Å². The standard InChI is InChI=1S/C13H16N4O/c1-17(11-4-3-5-12(8-11)18-2)13-7-6-10(9-14)15-16-13/h3-8H,9,14H2,1-2H3. The monoisotopic (exact) mass is 244 g/mol. The van der Waals surface area contributed by atoms with Gasteiger partial charge in [0.2, 0.25) is 0 Å². The Morgan fingerprint density at radius 3 is 2.67 bits per heavy atom. The molecule has 0 radical (unpaired) electrons. The molecule has 1 heterocycles. The lowest BCUT2D eigenvalue weighted by Crippen LogP contribution is -2.13. The van der Waals surface area contributed by atoms with E-state index >= 15 is 0 Å². The van der Waals surface area contributed by atoms with Crippen molar-refractivity contribution >= 4 is 11.5 Å². The summed E-state index contributed by atoms with van der Waals surface area (Å²) in [7, 11) is 3.58. The summed E-state index contributed by atoms with van der Waals surface area (Å²) in [4.78, 5) is 1.94. The van der Waals surface area contributed by atoms with Gasteiger partial charge in [0.25, 0.3) is 0 Å². The Kier molecular flexibility index (Phi) is 3.74. The minimum Gasteiger partial charge on any atom is -0.497 e. The third-order valence-corrected chi connectivity index (χ3v) is 2.70. The van der Waals surface area contributed by atoms with E-state index in [9.17, 15) is 0 Å². The van der Waals surface area contributed by atoms with Gasteiger partial charge in [-0.15, -0.1) is 5.10 Å². The molecule has 94 valence electrons. The molecule has 0 fully saturated rings. The molecule has 0 saturated heterocycles. The Morgan fingerprint density at radius 2 is 2.06 bits per heavy atom. The summed E-state index contributed by atoms with van der Waals surface area (Å²) >= 11 is 0. The number of benzene rings is 1. The number of aromatic nitrogens is 2. The van der Waals surface area contributed by atoms with Gasteiger partial charge in [-0.2, -0.15) is 5.10 Å². The van der Waals surface area contributed by atoms with Crippen LogP contribution in [0.15, 0.2) is 36.4 Å². The average Bonchev–Trinajstić information content (AvgIpc) is 2.46.